The molecule has 0 aliphatic rings. The van der Waals surface area contributed by atoms with Crippen molar-refractivity contribution in [1.29, 1.82) is 0 Å². The Labute approximate surface area is 81.2 Å². The van der Waals surface area contributed by atoms with Crippen LogP contribution in [-0.4, -0.2) is 17.0 Å². The average molecular weight is 194 g/mol. The lowest BCUT2D eigenvalue weighted by atomic mass is 10.2. The molecule has 0 atom stereocenters. The van der Waals surface area contributed by atoms with Gasteiger partial charge in [-0.25, -0.2) is 4.98 Å². The van der Waals surface area contributed by atoms with Gasteiger partial charge in [0.15, 0.2) is 0 Å². The topological polar surface area (TPSA) is 65.3 Å². The van der Waals surface area contributed by atoms with Crippen molar-refractivity contribution in [2.75, 3.05) is 7.11 Å². The zero-order chi connectivity index (χ0) is 10.7. The summed E-state index contributed by atoms with van der Waals surface area (Å²) in [5.41, 5.74) is 0.822. The lowest BCUT2D eigenvalue weighted by molar-refractivity contribution is -0.385. The maximum Gasteiger partial charge on any atom is 0.291 e. The molecule has 0 fully saturated rings. The molecule has 0 N–H and O–H groups in total. The second kappa shape index (κ2) is 3.87. The predicted octanol–water partition coefficient (Wildman–Crippen LogP) is 1.95. The van der Waals surface area contributed by atoms with Crippen LogP contribution in [0, 0.1) is 17.0 Å². The maximum atomic E-state index is 10.6. The Hall–Kier alpha value is -1.91. The fourth-order valence-electron chi connectivity index (χ4n) is 1.08. The molecule has 0 bridgehead atoms. The summed E-state index contributed by atoms with van der Waals surface area (Å²) in [5.74, 6) is 0.350. The van der Waals surface area contributed by atoms with Gasteiger partial charge >= 0.3 is 0 Å². The van der Waals surface area contributed by atoms with E-state index in [0.717, 1.165) is 0 Å². The molecule has 0 spiro atoms. The van der Waals surface area contributed by atoms with E-state index < -0.39 is 4.92 Å². The number of pyridine rings is 1. The number of hydrogen-bond donors (Lipinski definition) is 0. The van der Waals surface area contributed by atoms with E-state index >= 15 is 0 Å². The smallest absolute Gasteiger partial charge is 0.291 e. The number of hydrogen-bond acceptors (Lipinski definition) is 4. The van der Waals surface area contributed by atoms with Gasteiger partial charge in [-0.2, -0.15) is 0 Å². The van der Waals surface area contributed by atoms with Crippen LogP contribution in [0.4, 0.5) is 5.69 Å². The zero-order valence-electron chi connectivity index (χ0n) is 7.98. The Morgan fingerprint density at radius 1 is 1.71 bits per heavy atom. The van der Waals surface area contributed by atoms with Gasteiger partial charge in [-0.15, -0.1) is 0 Å². The first-order chi connectivity index (χ1) is 6.60. The van der Waals surface area contributed by atoms with Crippen LogP contribution in [0.2, 0.25) is 0 Å². The zero-order valence-corrected chi connectivity index (χ0v) is 7.98. The first-order valence-electron chi connectivity index (χ1n) is 3.92. The highest BCUT2D eigenvalue weighted by molar-refractivity contribution is 5.58. The first-order valence-corrected chi connectivity index (χ1v) is 3.92. The second-order valence-electron chi connectivity index (χ2n) is 2.65. The highest BCUT2D eigenvalue weighted by atomic mass is 16.6. The van der Waals surface area contributed by atoms with E-state index in [0.29, 0.717) is 17.1 Å². The standard InChI is InChI=1S/C9H10N2O3/c1-4-7-5-8(11(12)13)6(2)10-9(7)14-3/h4-5H,1H2,2-3H3. The SMILES string of the molecule is C=Cc1cc([N+](=O)[O-])c(C)nc1OC. The molecule has 1 rings (SSSR count). The van der Waals surface area contributed by atoms with E-state index in [1.54, 1.807) is 6.92 Å². The van der Waals surface area contributed by atoms with Crippen LogP contribution >= 0.6 is 0 Å². The third kappa shape index (κ3) is 1.71. The Balaban J connectivity index is 3.37. The number of aryl methyl sites for hydroxylation is 1. The van der Waals surface area contributed by atoms with E-state index in [1.807, 2.05) is 0 Å². The summed E-state index contributed by atoms with van der Waals surface area (Å²) in [6, 6.07) is 1.40. The molecule has 1 heterocycles. The van der Waals surface area contributed by atoms with Crippen LogP contribution in [0.1, 0.15) is 11.3 Å². The summed E-state index contributed by atoms with van der Waals surface area (Å²) < 4.78 is 4.95. The third-order valence-corrected chi connectivity index (χ3v) is 1.79. The van der Waals surface area contributed by atoms with Crippen molar-refractivity contribution in [3.63, 3.8) is 0 Å². The largest absolute Gasteiger partial charge is 0.481 e. The molecule has 14 heavy (non-hydrogen) atoms. The molecule has 0 saturated carbocycles. The van der Waals surface area contributed by atoms with Gasteiger partial charge in [-0.1, -0.05) is 12.7 Å². The molecule has 0 aliphatic heterocycles. The molecule has 0 amide bonds. The van der Waals surface area contributed by atoms with Crippen molar-refractivity contribution in [1.82, 2.24) is 4.98 Å². The molecule has 1 aromatic heterocycles. The van der Waals surface area contributed by atoms with Crippen LogP contribution in [-0.2, 0) is 0 Å². The Morgan fingerprint density at radius 3 is 2.79 bits per heavy atom. The molecule has 74 valence electrons. The highest BCUT2D eigenvalue weighted by Gasteiger charge is 2.15. The van der Waals surface area contributed by atoms with Crippen molar-refractivity contribution in [2.45, 2.75) is 6.92 Å². The third-order valence-electron chi connectivity index (χ3n) is 1.79. The molecular formula is C9H10N2O3. The quantitative estimate of drug-likeness (QED) is 0.544. The van der Waals surface area contributed by atoms with Crippen molar-refractivity contribution >= 4 is 11.8 Å². The Morgan fingerprint density at radius 2 is 2.36 bits per heavy atom. The van der Waals surface area contributed by atoms with Gasteiger partial charge in [0.2, 0.25) is 5.88 Å². The van der Waals surface area contributed by atoms with Crippen LogP contribution in [0.5, 0.6) is 5.88 Å². The molecule has 5 nitrogen and oxygen atoms in total. The monoisotopic (exact) mass is 194 g/mol. The van der Waals surface area contributed by atoms with Gasteiger partial charge in [0.1, 0.15) is 5.69 Å². The lowest BCUT2D eigenvalue weighted by Gasteiger charge is -2.04. The van der Waals surface area contributed by atoms with Crippen molar-refractivity contribution in [3.05, 3.63) is 34.0 Å². The minimum atomic E-state index is -0.477. The number of rotatable bonds is 3. The van der Waals surface area contributed by atoms with E-state index in [9.17, 15) is 10.1 Å². The molecule has 0 saturated heterocycles. The number of ether oxygens (including phenoxy) is 1. The van der Waals surface area contributed by atoms with Gasteiger partial charge in [-0.3, -0.25) is 10.1 Å². The van der Waals surface area contributed by atoms with Gasteiger partial charge in [0.25, 0.3) is 5.69 Å². The van der Waals surface area contributed by atoms with Gasteiger partial charge < -0.3 is 4.74 Å². The number of nitrogens with zero attached hydrogens (tertiary/aromatic N) is 2. The van der Waals surface area contributed by atoms with E-state index in [2.05, 4.69) is 11.6 Å². The summed E-state index contributed by atoms with van der Waals surface area (Å²) in [7, 11) is 1.46. The molecule has 0 aromatic carbocycles. The fraction of sp³-hybridized carbons (Fsp3) is 0.222. The van der Waals surface area contributed by atoms with Crippen LogP contribution < -0.4 is 4.74 Å². The summed E-state index contributed by atoms with van der Waals surface area (Å²) >= 11 is 0. The molecule has 0 aliphatic carbocycles. The minimum absolute atomic E-state index is 0.0271. The molecule has 5 heteroatoms. The van der Waals surface area contributed by atoms with Gasteiger partial charge in [-0.05, 0) is 6.92 Å². The molecule has 0 unspecified atom stereocenters. The maximum absolute atomic E-state index is 10.6. The van der Waals surface area contributed by atoms with Crippen molar-refractivity contribution in [3.8, 4) is 5.88 Å². The van der Waals surface area contributed by atoms with Crippen molar-refractivity contribution in [2.24, 2.45) is 0 Å². The van der Waals surface area contributed by atoms with E-state index in [1.165, 1.54) is 19.3 Å². The van der Waals surface area contributed by atoms with Crippen LogP contribution in [0.15, 0.2) is 12.6 Å². The van der Waals surface area contributed by atoms with Gasteiger partial charge in [0, 0.05) is 11.6 Å². The predicted molar refractivity (Wildman–Crippen MR) is 52.3 cm³/mol. The number of nitro groups is 1. The van der Waals surface area contributed by atoms with Crippen molar-refractivity contribution < 1.29 is 9.66 Å². The minimum Gasteiger partial charge on any atom is -0.481 e. The first kappa shape index (κ1) is 10.2. The van der Waals surface area contributed by atoms with Gasteiger partial charge in [0.05, 0.1) is 12.0 Å². The second-order valence-corrected chi connectivity index (χ2v) is 2.65. The highest BCUT2D eigenvalue weighted by Crippen LogP contribution is 2.25. The van der Waals surface area contributed by atoms with Crippen LogP contribution in [0.25, 0.3) is 6.08 Å². The molecule has 1 aromatic rings. The number of methoxy groups -OCH3 is 1. The van der Waals surface area contributed by atoms with E-state index in [4.69, 9.17) is 4.74 Å². The summed E-state index contributed by atoms with van der Waals surface area (Å²) in [5, 5.41) is 10.6. The normalized spacial score (nSPS) is 9.57. The summed E-state index contributed by atoms with van der Waals surface area (Å²) in [6.07, 6.45) is 1.47. The molecular weight excluding hydrogens is 184 g/mol. The Bertz CT molecular complexity index is 388. The number of aromatic nitrogens is 1. The Kier molecular flexibility index (Phi) is 2.81. The lowest BCUT2D eigenvalue weighted by Crippen LogP contribution is -1.99. The summed E-state index contributed by atoms with van der Waals surface area (Å²) in [4.78, 5) is 14.1. The van der Waals surface area contributed by atoms with Crippen LogP contribution in [0.3, 0.4) is 0 Å². The molecule has 0 radical (unpaired) electrons. The van der Waals surface area contributed by atoms with E-state index in [-0.39, 0.29) is 5.69 Å². The average Bonchev–Trinajstić information content (AvgIpc) is 2.16. The summed E-state index contributed by atoms with van der Waals surface area (Å²) in [6.45, 7) is 5.09. The fourth-order valence-corrected chi connectivity index (χ4v) is 1.08.